The van der Waals surface area contributed by atoms with Crippen molar-refractivity contribution in [3.05, 3.63) is 29.3 Å². The summed E-state index contributed by atoms with van der Waals surface area (Å²) in [5.41, 5.74) is 5.81. The van der Waals surface area contributed by atoms with Gasteiger partial charge in [-0.2, -0.15) is 0 Å². The van der Waals surface area contributed by atoms with E-state index >= 15 is 0 Å². The summed E-state index contributed by atoms with van der Waals surface area (Å²) in [6.45, 7) is 6.59. The molecule has 4 heteroatoms. The maximum absolute atomic E-state index is 5.64. The summed E-state index contributed by atoms with van der Waals surface area (Å²) in [5, 5.41) is 0. The van der Waals surface area contributed by atoms with Crippen molar-refractivity contribution >= 4 is 17.2 Å². The van der Waals surface area contributed by atoms with Gasteiger partial charge in [-0.25, -0.2) is 9.97 Å². The lowest BCUT2D eigenvalue weighted by Crippen LogP contribution is -2.07. The van der Waals surface area contributed by atoms with Crippen molar-refractivity contribution in [1.29, 1.82) is 0 Å². The molecule has 2 aromatic heterocycles. The van der Waals surface area contributed by atoms with Crippen molar-refractivity contribution in [2.24, 2.45) is 0 Å². The van der Waals surface area contributed by atoms with Crippen molar-refractivity contribution in [3.63, 3.8) is 0 Å². The largest absolute Gasteiger partial charge is 0.384 e. The van der Waals surface area contributed by atoms with Crippen molar-refractivity contribution in [1.82, 2.24) is 9.97 Å². The molecule has 2 heterocycles. The van der Waals surface area contributed by atoms with Gasteiger partial charge >= 0.3 is 0 Å². The van der Waals surface area contributed by atoms with Gasteiger partial charge in [-0.05, 0) is 23.6 Å². The van der Waals surface area contributed by atoms with Crippen LogP contribution in [-0.2, 0) is 5.41 Å². The second-order valence-corrected chi connectivity index (χ2v) is 5.80. The van der Waals surface area contributed by atoms with Gasteiger partial charge in [0.05, 0.1) is 4.88 Å². The average Bonchev–Trinajstić information content (AvgIpc) is 2.65. The van der Waals surface area contributed by atoms with Gasteiger partial charge in [-0.1, -0.05) is 20.8 Å². The SMILES string of the molecule is CC(C)(C)c1ccc(-c2nccc(N)n2)s1. The minimum Gasteiger partial charge on any atom is -0.384 e. The molecule has 0 aliphatic carbocycles. The third-order valence-corrected chi connectivity index (χ3v) is 3.75. The van der Waals surface area contributed by atoms with Crippen LogP contribution in [-0.4, -0.2) is 9.97 Å². The topological polar surface area (TPSA) is 51.8 Å². The van der Waals surface area contributed by atoms with E-state index in [9.17, 15) is 0 Å². The van der Waals surface area contributed by atoms with Gasteiger partial charge in [-0.15, -0.1) is 11.3 Å². The van der Waals surface area contributed by atoms with Gasteiger partial charge in [0.2, 0.25) is 0 Å². The summed E-state index contributed by atoms with van der Waals surface area (Å²) in [4.78, 5) is 10.8. The summed E-state index contributed by atoms with van der Waals surface area (Å²) < 4.78 is 0. The van der Waals surface area contributed by atoms with Gasteiger partial charge < -0.3 is 5.73 Å². The minimum atomic E-state index is 0.170. The Morgan fingerprint density at radius 1 is 1.19 bits per heavy atom. The fourth-order valence-electron chi connectivity index (χ4n) is 1.35. The Morgan fingerprint density at radius 2 is 1.94 bits per heavy atom. The van der Waals surface area contributed by atoms with E-state index in [-0.39, 0.29) is 5.41 Å². The predicted molar refractivity (Wildman–Crippen MR) is 68.5 cm³/mol. The average molecular weight is 233 g/mol. The first-order valence-corrected chi connectivity index (χ1v) is 5.98. The number of hydrogen-bond acceptors (Lipinski definition) is 4. The first-order chi connectivity index (χ1) is 7.47. The zero-order valence-corrected chi connectivity index (χ0v) is 10.5. The van der Waals surface area contributed by atoms with E-state index in [2.05, 4.69) is 42.9 Å². The van der Waals surface area contributed by atoms with Crippen LogP contribution in [0.1, 0.15) is 25.6 Å². The Morgan fingerprint density at radius 3 is 2.50 bits per heavy atom. The molecular formula is C12H15N3S. The lowest BCUT2D eigenvalue weighted by Gasteiger charge is -2.15. The second kappa shape index (κ2) is 3.87. The highest BCUT2D eigenvalue weighted by molar-refractivity contribution is 7.15. The van der Waals surface area contributed by atoms with E-state index in [4.69, 9.17) is 5.73 Å². The van der Waals surface area contributed by atoms with Crippen LogP contribution in [0.15, 0.2) is 24.4 Å². The Kier molecular flexibility index (Phi) is 2.68. The van der Waals surface area contributed by atoms with Crippen molar-refractivity contribution in [3.8, 4) is 10.7 Å². The van der Waals surface area contributed by atoms with E-state index in [1.54, 1.807) is 23.6 Å². The molecule has 0 aliphatic heterocycles. The standard InChI is InChI=1S/C12H15N3S/c1-12(2,3)9-5-4-8(16-9)11-14-7-6-10(13)15-11/h4-7H,1-3H3,(H2,13,14,15). The summed E-state index contributed by atoms with van der Waals surface area (Å²) in [5.74, 6) is 1.22. The van der Waals surface area contributed by atoms with Gasteiger partial charge in [-0.3, -0.25) is 0 Å². The highest BCUT2D eigenvalue weighted by Gasteiger charge is 2.17. The molecule has 0 saturated heterocycles. The quantitative estimate of drug-likeness (QED) is 0.823. The molecule has 0 aromatic carbocycles. The first kappa shape index (κ1) is 11.1. The zero-order chi connectivity index (χ0) is 11.8. The van der Waals surface area contributed by atoms with Crippen LogP contribution in [0.4, 0.5) is 5.82 Å². The third-order valence-electron chi connectivity index (χ3n) is 2.24. The van der Waals surface area contributed by atoms with Crippen LogP contribution in [0.25, 0.3) is 10.7 Å². The van der Waals surface area contributed by atoms with Crippen LogP contribution < -0.4 is 5.73 Å². The first-order valence-electron chi connectivity index (χ1n) is 5.16. The normalized spacial score (nSPS) is 11.7. The van der Waals surface area contributed by atoms with Crippen LogP contribution in [0.5, 0.6) is 0 Å². The number of nitrogens with zero attached hydrogens (tertiary/aromatic N) is 2. The molecule has 0 bridgehead atoms. The molecule has 16 heavy (non-hydrogen) atoms. The van der Waals surface area contributed by atoms with Gasteiger partial charge in [0.25, 0.3) is 0 Å². The molecule has 84 valence electrons. The molecule has 2 rings (SSSR count). The van der Waals surface area contributed by atoms with Crippen molar-refractivity contribution in [2.45, 2.75) is 26.2 Å². The lowest BCUT2D eigenvalue weighted by atomic mass is 9.95. The predicted octanol–water partition coefficient (Wildman–Crippen LogP) is 3.08. The van der Waals surface area contributed by atoms with Crippen molar-refractivity contribution < 1.29 is 0 Å². The monoisotopic (exact) mass is 233 g/mol. The highest BCUT2D eigenvalue weighted by atomic mass is 32.1. The third kappa shape index (κ3) is 2.22. The maximum Gasteiger partial charge on any atom is 0.171 e. The molecule has 0 amide bonds. The van der Waals surface area contributed by atoms with Crippen LogP contribution >= 0.6 is 11.3 Å². The van der Waals surface area contributed by atoms with Gasteiger partial charge in [0.1, 0.15) is 5.82 Å². The van der Waals surface area contributed by atoms with E-state index < -0.39 is 0 Å². The summed E-state index contributed by atoms with van der Waals surface area (Å²) >= 11 is 1.72. The van der Waals surface area contributed by atoms with Crippen molar-refractivity contribution in [2.75, 3.05) is 5.73 Å². The smallest absolute Gasteiger partial charge is 0.171 e. The summed E-state index contributed by atoms with van der Waals surface area (Å²) in [7, 11) is 0. The number of nitrogen functional groups attached to an aromatic ring is 1. The molecule has 0 spiro atoms. The fourth-order valence-corrected chi connectivity index (χ4v) is 2.36. The number of thiophene rings is 1. The number of anilines is 1. The molecule has 2 N–H and O–H groups in total. The molecule has 3 nitrogen and oxygen atoms in total. The number of hydrogen-bond donors (Lipinski definition) is 1. The van der Waals surface area contributed by atoms with E-state index in [0.717, 1.165) is 4.88 Å². The van der Waals surface area contributed by atoms with Gasteiger partial charge in [0.15, 0.2) is 5.82 Å². The molecular weight excluding hydrogens is 218 g/mol. The van der Waals surface area contributed by atoms with Gasteiger partial charge in [0, 0.05) is 11.1 Å². The molecule has 0 aliphatic rings. The maximum atomic E-state index is 5.64. The second-order valence-electron chi connectivity index (χ2n) is 4.72. The Bertz CT molecular complexity index is 497. The highest BCUT2D eigenvalue weighted by Crippen LogP contribution is 2.33. The van der Waals surface area contributed by atoms with E-state index in [0.29, 0.717) is 11.6 Å². The fraction of sp³-hybridized carbons (Fsp3) is 0.333. The Labute approximate surface area is 99.4 Å². The Hall–Kier alpha value is -1.42. The summed E-state index contributed by atoms with van der Waals surface area (Å²) in [6.07, 6.45) is 1.69. The molecule has 0 atom stereocenters. The molecule has 0 unspecified atom stereocenters. The zero-order valence-electron chi connectivity index (χ0n) is 9.69. The lowest BCUT2D eigenvalue weighted by molar-refractivity contribution is 0.604. The van der Waals surface area contributed by atoms with Crippen LogP contribution in [0, 0.1) is 0 Å². The molecule has 0 radical (unpaired) electrons. The number of aromatic nitrogens is 2. The van der Waals surface area contributed by atoms with E-state index in [1.165, 1.54) is 4.88 Å². The number of nitrogens with two attached hydrogens (primary N) is 1. The number of rotatable bonds is 1. The molecule has 0 saturated carbocycles. The molecule has 2 aromatic rings. The molecule has 0 fully saturated rings. The van der Waals surface area contributed by atoms with Crippen LogP contribution in [0.3, 0.4) is 0 Å². The van der Waals surface area contributed by atoms with E-state index in [1.807, 2.05) is 0 Å². The minimum absolute atomic E-state index is 0.170. The van der Waals surface area contributed by atoms with Crippen LogP contribution in [0.2, 0.25) is 0 Å². The summed E-state index contributed by atoms with van der Waals surface area (Å²) in [6, 6.07) is 5.88. The Balaban J connectivity index is 2.39.